The normalized spacial score (nSPS) is 16.1. The van der Waals surface area contributed by atoms with Gasteiger partial charge in [0, 0.05) is 18.5 Å². The maximum absolute atomic E-state index is 12.8. The second-order valence-corrected chi connectivity index (χ2v) is 7.41. The summed E-state index contributed by atoms with van der Waals surface area (Å²) in [5, 5.41) is 25.7. The van der Waals surface area contributed by atoms with Crippen molar-refractivity contribution in [2.75, 3.05) is 26.3 Å². The van der Waals surface area contributed by atoms with Crippen molar-refractivity contribution in [2.24, 2.45) is 10.2 Å². The van der Waals surface area contributed by atoms with E-state index in [1.54, 1.807) is 6.07 Å². The number of rotatable bonds is 4. The number of aromatic hydroxyl groups is 1. The van der Waals surface area contributed by atoms with Gasteiger partial charge in [0.1, 0.15) is 6.42 Å². The van der Waals surface area contributed by atoms with Crippen LogP contribution in [0, 0.1) is 11.3 Å². The molecule has 1 aliphatic heterocycles. The molecule has 0 radical (unpaired) electrons. The molecule has 1 aliphatic rings. The van der Waals surface area contributed by atoms with E-state index in [9.17, 15) is 18.3 Å². The van der Waals surface area contributed by atoms with Gasteiger partial charge in [0.05, 0.1) is 29.7 Å². The Morgan fingerprint density at radius 3 is 2.81 bits per heavy atom. The van der Waals surface area contributed by atoms with E-state index in [-0.39, 0.29) is 29.6 Å². The molecule has 0 atom stereocenters. The highest BCUT2D eigenvalue weighted by molar-refractivity contribution is 7.89. The van der Waals surface area contributed by atoms with Gasteiger partial charge in [-0.25, -0.2) is 8.42 Å². The molecule has 0 unspecified atom stereocenters. The van der Waals surface area contributed by atoms with E-state index in [1.165, 1.54) is 22.5 Å². The maximum atomic E-state index is 12.8. The summed E-state index contributed by atoms with van der Waals surface area (Å²) < 4.78 is 32.0. The smallest absolute Gasteiger partial charge is 0.278 e. The molecule has 26 heavy (non-hydrogen) atoms. The van der Waals surface area contributed by atoms with Gasteiger partial charge in [0.25, 0.3) is 5.91 Å². The summed E-state index contributed by atoms with van der Waals surface area (Å²) >= 11 is 0. The molecule has 136 valence electrons. The van der Waals surface area contributed by atoms with Crippen LogP contribution in [-0.2, 0) is 19.6 Å². The number of hydrogen-bond acceptors (Lipinski definition) is 7. The summed E-state index contributed by atoms with van der Waals surface area (Å²) in [4.78, 5) is 14.0. The minimum absolute atomic E-state index is 0.0331. The Balaban J connectivity index is 2.01. The third-order valence-electron chi connectivity index (χ3n) is 3.82. The Hall–Kier alpha value is -2.81. The van der Waals surface area contributed by atoms with Crippen molar-refractivity contribution in [3.63, 3.8) is 0 Å². The van der Waals surface area contributed by atoms with Gasteiger partial charge in [0.15, 0.2) is 5.69 Å². The monoisotopic (exact) mass is 377 g/mol. The number of morpholine rings is 1. The van der Waals surface area contributed by atoms with Crippen molar-refractivity contribution < 1.29 is 23.1 Å². The van der Waals surface area contributed by atoms with Crippen LogP contribution in [0.2, 0.25) is 0 Å². The summed E-state index contributed by atoms with van der Waals surface area (Å²) in [5.74, 6) is -1.12. The van der Waals surface area contributed by atoms with Gasteiger partial charge in [-0.1, -0.05) is 0 Å². The second-order valence-electron chi connectivity index (χ2n) is 5.47. The number of H-pyrrole nitrogens is 1. The van der Waals surface area contributed by atoms with Crippen molar-refractivity contribution >= 4 is 32.5 Å². The van der Waals surface area contributed by atoms with Crippen LogP contribution >= 0.6 is 0 Å². The average molecular weight is 377 g/mol. The number of ether oxygens (including phenoxy) is 1. The van der Waals surface area contributed by atoms with E-state index < -0.39 is 22.4 Å². The Labute approximate surface area is 148 Å². The van der Waals surface area contributed by atoms with Crippen molar-refractivity contribution in [1.82, 2.24) is 9.29 Å². The molecule has 1 fully saturated rings. The lowest BCUT2D eigenvalue weighted by Gasteiger charge is -2.26. The van der Waals surface area contributed by atoms with E-state index in [1.807, 2.05) is 0 Å². The van der Waals surface area contributed by atoms with E-state index in [2.05, 4.69) is 15.2 Å². The van der Waals surface area contributed by atoms with Crippen LogP contribution in [0.1, 0.15) is 6.42 Å². The first kappa shape index (κ1) is 18.0. The SMILES string of the molecule is N#CCC(=O)N=Nc1c(O)[nH]c2ccc(S(=O)(=O)N3CCOCC3)cc12. The molecule has 1 saturated heterocycles. The molecule has 3 rings (SSSR count). The van der Waals surface area contributed by atoms with Crippen molar-refractivity contribution in [3.05, 3.63) is 18.2 Å². The molecule has 2 aromatic rings. The largest absolute Gasteiger partial charge is 0.493 e. The molecule has 1 aromatic carbocycles. The molecule has 2 heterocycles. The van der Waals surface area contributed by atoms with Crippen molar-refractivity contribution in [2.45, 2.75) is 11.3 Å². The van der Waals surface area contributed by atoms with E-state index in [4.69, 9.17) is 10.00 Å². The number of sulfonamides is 1. The standard InChI is InChI=1S/C15H15N5O5S/c16-4-3-13(21)18-19-14-11-9-10(1-2-12(11)17-15(14)22)26(23,24)20-5-7-25-8-6-20/h1-2,9,17,22H,3,5-8H2. The first-order chi connectivity index (χ1) is 12.4. The molecule has 11 heteroatoms. The van der Waals surface area contributed by atoms with Crippen molar-refractivity contribution in [3.8, 4) is 11.9 Å². The van der Waals surface area contributed by atoms with Crippen LogP contribution in [0.5, 0.6) is 5.88 Å². The summed E-state index contributed by atoms with van der Waals surface area (Å²) in [5.41, 5.74) is 0.371. The van der Waals surface area contributed by atoms with Crippen LogP contribution in [-0.4, -0.2) is 55.0 Å². The minimum atomic E-state index is -3.73. The third-order valence-corrected chi connectivity index (χ3v) is 5.72. The number of nitrogens with zero attached hydrogens (tertiary/aromatic N) is 4. The Morgan fingerprint density at radius 1 is 1.38 bits per heavy atom. The van der Waals surface area contributed by atoms with E-state index in [0.29, 0.717) is 24.1 Å². The van der Waals surface area contributed by atoms with Gasteiger partial charge >= 0.3 is 0 Å². The fourth-order valence-corrected chi connectivity index (χ4v) is 3.98. The lowest BCUT2D eigenvalue weighted by atomic mass is 10.2. The zero-order valence-corrected chi connectivity index (χ0v) is 14.4. The Morgan fingerprint density at radius 2 is 2.12 bits per heavy atom. The number of hydrogen-bond donors (Lipinski definition) is 2. The van der Waals surface area contributed by atoms with Gasteiger partial charge in [-0.05, 0) is 18.2 Å². The first-order valence-corrected chi connectivity index (χ1v) is 9.11. The topological polar surface area (TPSA) is 148 Å². The number of amides is 1. The number of aromatic nitrogens is 1. The second kappa shape index (κ2) is 7.20. The van der Waals surface area contributed by atoms with Gasteiger partial charge in [-0.2, -0.15) is 9.57 Å². The number of nitrogens with one attached hydrogen (secondary N) is 1. The highest BCUT2D eigenvalue weighted by Gasteiger charge is 2.27. The average Bonchev–Trinajstić information content (AvgIpc) is 2.95. The van der Waals surface area contributed by atoms with Crippen LogP contribution in [0.3, 0.4) is 0 Å². The molecule has 1 aromatic heterocycles. The van der Waals surface area contributed by atoms with Crippen molar-refractivity contribution in [1.29, 1.82) is 5.26 Å². The number of carbonyl (C=O) groups excluding carboxylic acids is 1. The molecule has 0 bridgehead atoms. The molecule has 1 amide bonds. The molecule has 0 saturated carbocycles. The number of nitriles is 1. The van der Waals surface area contributed by atoms with Crippen LogP contribution in [0.4, 0.5) is 5.69 Å². The fourth-order valence-electron chi connectivity index (χ4n) is 2.55. The molecule has 0 spiro atoms. The lowest BCUT2D eigenvalue weighted by molar-refractivity contribution is -0.117. The highest BCUT2D eigenvalue weighted by atomic mass is 32.2. The van der Waals surface area contributed by atoms with Crippen LogP contribution in [0.15, 0.2) is 33.3 Å². The lowest BCUT2D eigenvalue weighted by Crippen LogP contribution is -2.40. The molecular weight excluding hydrogens is 362 g/mol. The van der Waals surface area contributed by atoms with Gasteiger partial charge < -0.3 is 14.8 Å². The predicted molar refractivity (Wildman–Crippen MR) is 89.3 cm³/mol. The quantitative estimate of drug-likeness (QED) is 0.770. The number of aromatic amines is 1. The summed E-state index contributed by atoms with van der Waals surface area (Å²) in [6, 6.07) is 5.93. The van der Waals surface area contributed by atoms with Gasteiger partial charge in [0.2, 0.25) is 15.9 Å². The van der Waals surface area contributed by atoms with Crippen LogP contribution < -0.4 is 0 Å². The third kappa shape index (κ3) is 3.43. The van der Waals surface area contributed by atoms with Gasteiger partial charge in [-0.15, -0.1) is 10.2 Å². The number of carbonyl (C=O) groups is 1. The minimum Gasteiger partial charge on any atom is -0.493 e. The predicted octanol–water partition coefficient (Wildman–Crippen LogP) is 1.42. The number of fused-ring (bicyclic) bond motifs is 1. The summed E-state index contributed by atoms with van der Waals surface area (Å²) in [6.07, 6.45) is -0.441. The zero-order valence-electron chi connectivity index (χ0n) is 13.5. The Bertz CT molecular complexity index is 1010. The molecule has 0 aliphatic carbocycles. The highest BCUT2D eigenvalue weighted by Crippen LogP contribution is 2.37. The maximum Gasteiger partial charge on any atom is 0.278 e. The molecule has 2 N–H and O–H groups in total. The van der Waals surface area contributed by atoms with E-state index in [0.717, 1.165) is 0 Å². The molecule has 10 nitrogen and oxygen atoms in total. The molecular formula is C15H15N5O5S. The number of benzene rings is 1. The number of azo groups is 1. The summed E-state index contributed by atoms with van der Waals surface area (Å²) in [7, 11) is -3.73. The zero-order chi connectivity index (χ0) is 18.7. The summed E-state index contributed by atoms with van der Waals surface area (Å²) in [6.45, 7) is 1.17. The Kier molecular flexibility index (Phi) is 4.99. The van der Waals surface area contributed by atoms with Gasteiger partial charge in [-0.3, -0.25) is 4.79 Å². The van der Waals surface area contributed by atoms with E-state index >= 15 is 0 Å². The first-order valence-electron chi connectivity index (χ1n) is 7.67. The van der Waals surface area contributed by atoms with Crippen LogP contribution in [0.25, 0.3) is 10.9 Å². The fraction of sp³-hybridized carbons (Fsp3) is 0.333.